The van der Waals surface area contributed by atoms with Crippen molar-refractivity contribution in [3.63, 3.8) is 0 Å². The molecule has 132 valence electrons. The quantitative estimate of drug-likeness (QED) is 0.376. The predicted molar refractivity (Wildman–Crippen MR) is 109 cm³/mol. The molecule has 8 heteroatoms. The molecule has 0 radical (unpaired) electrons. The molecule has 0 spiro atoms. The van der Waals surface area contributed by atoms with Crippen molar-refractivity contribution in [2.45, 2.75) is 6.42 Å². The van der Waals surface area contributed by atoms with E-state index in [4.69, 9.17) is 12.2 Å². The Bertz CT molecular complexity index is 895. The van der Waals surface area contributed by atoms with Crippen molar-refractivity contribution in [3.8, 4) is 11.3 Å². The summed E-state index contributed by atoms with van der Waals surface area (Å²) in [6.07, 6.45) is 0.744. The lowest BCUT2D eigenvalue weighted by Gasteiger charge is -2.09. The Morgan fingerprint density at radius 2 is 1.88 bits per heavy atom. The molecule has 2 N–H and O–H groups in total. The van der Waals surface area contributed by atoms with E-state index in [1.165, 1.54) is 12.1 Å². The fourth-order valence-electron chi connectivity index (χ4n) is 2.29. The maximum absolute atomic E-state index is 10.7. The van der Waals surface area contributed by atoms with Gasteiger partial charge in [-0.2, -0.15) is 0 Å². The number of hydrogen-bond acceptors (Lipinski definition) is 5. The van der Waals surface area contributed by atoms with Gasteiger partial charge < -0.3 is 10.6 Å². The summed E-state index contributed by atoms with van der Waals surface area (Å²) in [5, 5.41) is 20.5. The van der Waals surface area contributed by atoms with Crippen LogP contribution in [0.1, 0.15) is 5.01 Å². The molecule has 3 rings (SSSR count). The second kappa shape index (κ2) is 8.50. The average molecular weight is 384 g/mol. The largest absolute Gasteiger partial charge is 0.362 e. The lowest BCUT2D eigenvalue weighted by atomic mass is 10.1. The zero-order valence-electron chi connectivity index (χ0n) is 13.7. The van der Waals surface area contributed by atoms with Gasteiger partial charge in [-0.05, 0) is 36.5 Å². The maximum atomic E-state index is 10.7. The van der Waals surface area contributed by atoms with E-state index in [1.807, 2.05) is 35.7 Å². The normalized spacial score (nSPS) is 10.3. The standard InChI is InChI=1S/C18H16N4O2S2/c23-22(24)15-8-6-13(7-9-15)16-12-26-17(21-16)10-11-19-18(25)20-14-4-2-1-3-5-14/h1-9,12H,10-11H2,(H2,19,20,25). The van der Waals surface area contributed by atoms with Crippen molar-refractivity contribution >= 4 is 40.0 Å². The molecule has 2 aromatic carbocycles. The fraction of sp³-hybridized carbons (Fsp3) is 0.111. The number of anilines is 1. The molecule has 0 unspecified atom stereocenters. The van der Waals surface area contributed by atoms with Gasteiger partial charge in [-0.3, -0.25) is 10.1 Å². The average Bonchev–Trinajstić information content (AvgIpc) is 3.11. The van der Waals surface area contributed by atoms with E-state index in [-0.39, 0.29) is 5.69 Å². The van der Waals surface area contributed by atoms with Gasteiger partial charge in [0.1, 0.15) is 0 Å². The Hall–Kier alpha value is -2.84. The molecule has 0 saturated carbocycles. The van der Waals surface area contributed by atoms with Gasteiger partial charge in [0.05, 0.1) is 15.6 Å². The number of nitro groups is 1. The molecule has 0 saturated heterocycles. The van der Waals surface area contributed by atoms with Crippen LogP contribution in [0, 0.1) is 10.1 Å². The minimum absolute atomic E-state index is 0.0767. The van der Waals surface area contributed by atoms with Crippen molar-refractivity contribution in [3.05, 3.63) is 75.1 Å². The second-order valence-electron chi connectivity index (χ2n) is 5.43. The summed E-state index contributed by atoms with van der Waals surface area (Å²) >= 11 is 6.83. The number of thiocarbonyl (C=S) groups is 1. The number of aromatic nitrogens is 1. The summed E-state index contributed by atoms with van der Waals surface area (Å²) in [7, 11) is 0. The van der Waals surface area contributed by atoms with Crippen LogP contribution in [0.15, 0.2) is 60.0 Å². The molecule has 3 aromatic rings. The van der Waals surface area contributed by atoms with Crippen molar-refractivity contribution in [2.75, 3.05) is 11.9 Å². The van der Waals surface area contributed by atoms with E-state index in [0.29, 0.717) is 11.7 Å². The first-order valence-corrected chi connectivity index (χ1v) is 9.20. The number of nitrogens with one attached hydrogen (secondary N) is 2. The van der Waals surface area contributed by atoms with Crippen molar-refractivity contribution in [1.29, 1.82) is 0 Å². The van der Waals surface area contributed by atoms with Crippen LogP contribution < -0.4 is 10.6 Å². The predicted octanol–water partition coefficient (Wildman–Crippen LogP) is 4.25. The monoisotopic (exact) mass is 384 g/mol. The third-order valence-corrected chi connectivity index (χ3v) is 4.74. The number of non-ortho nitro benzene ring substituents is 1. The van der Waals surface area contributed by atoms with Crippen LogP contribution in [0.2, 0.25) is 0 Å². The zero-order valence-corrected chi connectivity index (χ0v) is 15.3. The zero-order chi connectivity index (χ0) is 18.4. The molecule has 6 nitrogen and oxygen atoms in total. The van der Waals surface area contributed by atoms with Crippen molar-refractivity contribution in [1.82, 2.24) is 10.3 Å². The van der Waals surface area contributed by atoms with Crippen molar-refractivity contribution in [2.24, 2.45) is 0 Å². The van der Waals surface area contributed by atoms with E-state index in [1.54, 1.807) is 23.5 Å². The highest BCUT2D eigenvalue weighted by atomic mass is 32.1. The van der Waals surface area contributed by atoms with Gasteiger partial charge in [-0.25, -0.2) is 4.98 Å². The van der Waals surface area contributed by atoms with Gasteiger partial charge in [-0.1, -0.05) is 18.2 Å². The Kier molecular flexibility index (Phi) is 5.88. The third-order valence-electron chi connectivity index (χ3n) is 3.58. The van der Waals surface area contributed by atoms with Gasteiger partial charge in [0.2, 0.25) is 0 Å². The number of nitrogens with zero attached hydrogens (tertiary/aromatic N) is 2. The summed E-state index contributed by atoms with van der Waals surface area (Å²) in [4.78, 5) is 14.9. The Labute approximate surface area is 160 Å². The Morgan fingerprint density at radius 1 is 1.15 bits per heavy atom. The molecule has 0 bridgehead atoms. The molecule has 0 fully saturated rings. The molecule has 0 aliphatic rings. The number of thiazole rings is 1. The van der Waals surface area contributed by atoms with Gasteiger partial charge in [0, 0.05) is 41.7 Å². The van der Waals surface area contributed by atoms with Crippen LogP contribution in [-0.4, -0.2) is 21.6 Å². The number of benzene rings is 2. The number of nitro benzene ring substituents is 1. The smallest absolute Gasteiger partial charge is 0.269 e. The molecular formula is C18H16N4O2S2. The highest BCUT2D eigenvalue weighted by Gasteiger charge is 2.08. The highest BCUT2D eigenvalue weighted by molar-refractivity contribution is 7.80. The van der Waals surface area contributed by atoms with E-state index in [0.717, 1.165) is 28.4 Å². The van der Waals surface area contributed by atoms with Gasteiger partial charge >= 0.3 is 0 Å². The summed E-state index contributed by atoms with van der Waals surface area (Å²) in [5.41, 5.74) is 2.71. The first-order chi connectivity index (χ1) is 12.6. The van der Waals surface area contributed by atoms with E-state index >= 15 is 0 Å². The number of hydrogen-bond donors (Lipinski definition) is 2. The molecule has 0 amide bonds. The molecular weight excluding hydrogens is 368 g/mol. The van der Waals surface area contributed by atoms with Crippen LogP contribution in [0.4, 0.5) is 11.4 Å². The Balaban J connectivity index is 1.50. The van der Waals surface area contributed by atoms with Crippen molar-refractivity contribution < 1.29 is 4.92 Å². The summed E-state index contributed by atoms with van der Waals surface area (Å²) in [6.45, 7) is 0.673. The Morgan fingerprint density at radius 3 is 2.58 bits per heavy atom. The minimum Gasteiger partial charge on any atom is -0.362 e. The van der Waals surface area contributed by atoms with Crippen LogP contribution >= 0.6 is 23.6 Å². The molecule has 0 atom stereocenters. The second-order valence-corrected chi connectivity index (χ2v) is 6.78. The lowest BCUT2D eigenvalue weighted by Crippen LogP contribution is -2.30. The van der Waals surface area contributed by atoms with Gasteiger partial charge in [0.15, 0.2) is 5.11 Å². The topological polar surface area (TPSA) is 80.1 Å². The summed E-state index contributed by atoms with van der Waals surface area (Å²) < 4.78 is 0. The van der Waals surface area contributed by atoms with E-state index in [2.05, 4.69) is 15.6 Å². The van der Waals surface area contributed by atoms with Crippen LogP contribution in [0.25, 0.3) is 11.3 Å². The van der Waals surface area contributed by atoms with E-state index in [9.17, 15) is 10.1 Å². The first-order valence-electron chi connectivity index (χ1n) is 7.91. The highest BCUT2D eigenvalue weighted by Crippen LogP contribution is 2.24. The first kappa shape index (κ1) is 18.0. The minimum atomic E-state index is -0.408. The molecule has 0 aliphatic carbocycles. The fourth-order valence-corrected chi connectivity index (χ4v) is 3.32. The van der Waals surface area contributed by atoms with Crippen LogP contribution in [0.3, 0.4) is 0 Å². The molecule has 1 heterocycles. The number of para-hydroxylation sites is 1. The van der Waals surface area contributed by atoms with Gasteiger partial charge in [-0.15, -0.1) is 11.3 Å². The van der Waals surface area contributed by atoms with Crippen LogP contribution in [0.5, 0.6) is 0 Å². The molecule has 0 aliphatic heterocycles. The van der Waals surface area contributed by atoms with E-state index < -0.39 is 4.92 Å². The third kappa shape index (κ3) is 4.84. The van der Waals surface area contributed by atoms with Crippen LogP contribution in [-0.2, 0) is 6.42 Å². The molecule has 26 heavy (non-hydrogen) atoms. The number of rotatable bonds is 6. The lowest BCUT2D eigenvalue weighted by molar-refractivity contribution is -0.384. The summed E-state index contributed by atoms with van der Waals surface area (Å²) in [5.74, 6) is 0. The summed E-state index contributed by atoms with van der Waals surface area (Å²) in [6, 6.07) is 16.2. The maximum Gasteiger partial charge on any atom is 0.269 e. The SMILES string of the molecule is O=[N+]([O-])c1ccc(-c2csc(CCNC(=S)Nc3ccccc3)n2)cc1. The van der Waals surface area contributed by atoms with Gasteiger partial charge in [0.25, 0.3) is 5.69 Å². The molecule has 1 aromatic heterocycles.